The molecule has 0 aliphatic heterocycles. The van der Waals surface area contributed by atoms with Crippen LogP contribution in [0, 0.1) is 26.2 Å². The first kappa shape index (κ1) is 26.0. The Balaban J connectivity index is 1.55. The molecule has 0 atom stereocenters. The van der Waals surface area contributed by atoms with Crippen molar-refractivity contribution in [1.82, 2.24) is 0 Å². The fourth-order valence-electron chi connectivity index (χ4n) is 3.96. The maximum absolute atomic E-state index is 12.9. The zero-order chi connectivity index (χ0) is 25.7. The molecule has 1 heterocycles. The Hall–Kier alpha value is -3.05. The maximum atomic E-state index is 12.9. The lowest BCUT2D eigenvalue weighted by Gasteiger charge is -2.14. The second kappa shape index (κ2) is 11.8. The van der Waals surface area contributed by atoms with E-state index in [1.807, 2.05) is 30.3 Å². The summed E-state index contributed by atoms with van der Waals surface area (Å²) < 4.78 is 12.5. The first-order valence-electron chi connectivity index (χ1n) is 11.2. The summed E-state index contributed by atoms with van der Waals surface area (Å²) in [5.74, 6) is 0.178. The molecular weight excluding hydrogens is 609 g/mol. The van der Waals surface area contributed by atoms with Gasteiger partial charge in [-0.2, -0.15) is 10.5 Å². The Bertz CT molecular complexity index is 1420. The highest BCUT2D eigenvalue weighted by atomic mass is 127. The number of thiophene rings is 1. The number of anilines is 1. The number of rotatable bonds is 7. The van der Waals surface area contributed by atoms with Gasteiger partial charge in [0.25, 0.3) is 5.91 Å². The lowest BCUT2D eigenvalue weighted by atomic mass is 9.96. The van der Waals surface area contributed by atoms with Crippen LogP contribution in [0.15, 0.2) is 42.0 Å². The molecule has 1 aliphatic carbocycles. The molecule has 1 aliphatic rings. The smallest absolute Gasteiger partial charge is 0.266 e. The number of amides is 1. The third-order valence-electron chi connectivity index (χ3n) is 5.73. The first-order chi connectivity index (χ1) is 17.4. The fraction of sp³-hybridized carbons (Fsp3) is 0.222. The molecule has 0 spiro atoms. The van der Waals surface area contributed by atoms with E-state index in [4.69, 9.17) is 21.1 Å². The van der Waals surface area contributed by atoms with Crippen molar-refractivity contribution in [3.8, 4) is 23.6 Å². The number of carbonyl (C=O) groups is 1. The van der Waals surface area contributed by atoms with Gasteiger partial charge in [0.05, 0.1) is 17.7 Å². The molecule has 0 saturated carbocycles. The Labute approximate surface area is 232 Å². The standard InChI is InChI=1S/C27H21ClIN3O3S/c1-34-23-12-17(11-22(28)25(23)35-15-16-6-8-19(29)9-7-16)10-18(13-30)26(33)32-27-21(14-31)20-4-2-3-5-24(20)36-27/h6-12H,2-5,15H2,1H3,(H,32,33)/b18-10+. The third kappa shape index (κ3) is 5.84. The molecule has 2 aromatic carbocycles. The van der Waals surface area contributed by atoms with E-state index in [-0.39, 0.29) is 5.57 Å². The lowest BCUT2D eigenvalue weighted by Crippen LogP contribution is -2.13. The van der Waals surface area contributed by atoms with Crippen molar-refractivity contribution in [1.29, 1.82) is 10.5 Å². The highest BCUT2D eigenvalue weighted by Gasteiger charge is 2.23. The van der Waals surface area contributed by atoms with E-state index >= 15 is 0 Å². The van der Waals surface area contributed by atoms with E-state index in [1.165, 1.54) is 24.5 Å². The summed E-state index contributed by atoms with van der Waals surface area (Å²) in [6.45, 7) is 0.306. The largest absolute Gasteiger partial charge is 0.493 e. The molecular formula is C27H21ClIN3O3S. The summed E-state index contributed by atoms with van der Waals surface area (Å²) in [6, 6.07) is 15.4. The van der Waals surface area contributed by atoms with Crippen LogP contribution >= 0.6 is 45.5 Å². The van der Waals surface area contributed by atoms with Crippen molar-refractivity contribution in [3.05, 3.63) is 77.7 Å². The van der Waals surface area contributed by atoms with E-state index in [2.05, 4.69) is 34.0 Å². The van der Waals surface area contributed by atoms with E-state index in [0.717, 1.165) is 45.3 Å². The van der Waals surface area contributed by atoms with Crippen molar-refractivity contribution in [2.75, 3.05) is 12.4 Å². The van der Waals surface area contributed by atoms with Crippen LogP contribution in [0.3, 0.4) is 0 Å². The molecule has 1 amide bonds. The van der Waals surface area contributed by atoms with Gasteiger partial charge >= 0.3 is 0 Å². The number of benzene rings is 2. The number of nitrogens with one attached hydrogen (secondary N) is 1. The van der Waals surface area contributed by atoms with Gasteiger partial charge in [-0.05, 0) is 95.3 Å². The Morgan fingerprint density at radius 2 is 1.97 bits per heavy atom. The van der Waals surface area contributed by atoms with Gasteiger partial charge < -0.3 is 14.8 Å². The predicted octanol–water partition coefficient (Wildman–Crippen LogP) is 6.89. The summed E-state index contributed by atoms with van der Waals surface area (Å²) in [5.41, 5.74) is 2.89. The van der Waals surface area contributed by atoms with Crippen LogP contribution in [0.5, 0.6) is 11.5 Å². The second-order valence-corrected chi connectivity index (χ2v) is 10.9. The minimum atomic E-state index is -0.582. The predicted molar refractivity (Wildman–Crippen MR) is 149 cm³/mol. The summed E-state index contributed by atoms with van der Waals surface area (Å²) in [4.78, 5) is 14.1. The molecule has 3 aromatic rings. The molecule has 182 valence electrons. The van der Waals surface area contributed by atoms with Crippen molar-refractivity contribution < 1.29 is 14.3 Å². The van der Waals surface area contributed by atoms with E-state index in [1.54, 1.807) is 12.1 Å². The summed E-state index contributed by atoms with van der Waals surface area (Å²) in [6.07, 6.45) is 5.28. The van der Waals surface area contributed by atoms with Gasteiger partial charge in [-0.15, -0.1) is 11.3 Å². The SMILES string of the molecule is COc1cc(/C=C(\C#N)C(=O)Nc2sc3c(c2C#N)CCCC3)cc(Cl)c1OCc1ccc(I)cc1. The molecule has 1 N–H and O–H groups in total. The van der Waals surface area contributed by atoms with Gasteiger partial charge in [-0.25, -0.2) is 0 Å². The molecule has 0 bridgehead atoms. The van der Waals surface area contributed by atoms with Crippen molar-refractivity contribution >= 4 is 62.5 Å². The third-order valence-corrected chi connectivity index (χ3v) is 7.94. The topological polar surface area (TPSA) is 95.1 Å². The molecule has 0 saturated heterocycles. The molecule has 9 heteroatoms. The first-order valence-corrected chi connectivity index (χ1v) is 13.4. The number of halogens is 2. The van der Waals surface area contributed by atoms with Crippen LogP contribution in [0.2, 0.25) is 5.02 Å². The van der Waals surface area contributed by atoms with Gasteiger partial charge in [-0.1, -0.05) is 23.7 Å². The number of ether oxygens (including phenoxy) is 2. The molecule has 0 fully saturated rings. The highest BCUT2D eigenvalue weighted by Crippen LogP contribution is 2.39. The number of hydrogen-bond donors (Lipinski definition) is 1. The van der Waals surface area contributed by atoms with Crippen LogP contribution < -0.4 is 14.8 Å². The summed E-state index contributed by atoms with van der Waals surface area (Å²) in [5, 5.41) is 22.9. The highest BCUT2D eigenvalue weighted by molar-refractivity contribution is 14.1. The Morgan fingerprint density at radius 1 is 1.22 bits per heavy atom. The maximum Gasteiger partial charge on any atom is 0.266 e. The summed E-state index contributed by atoms with van der Waals surface area (Å²) in [7, 11) is 1.50. The van der Waals surface area contributed by atoms with Crippen LogP contribution in [0.1, 0.15) is 40.0 Å². The van der Waals surface area contributed by atoms with Crippen LogP contribution in [0.4, 0.5) is 5.00 Å². The number of nitriles is 2. The average Bonchev–Trinajstić information content (AvgIpc) is 3.24. The normalized spacial score (nSPS) is 12.8. The zero-order valence-corrected chi connectivity index (χ0v) is 23.1. The van der Waals surface area contributed by atoms with Crippen LogP contribution in [-0.2, 0) is 24.2 Å². The molecule has 36 heavy (non-hydrogen) atoms. The zero-order valence-electron chi connectivity index (χ0n) is 19.4. The van der Waals surface area contributed by atoms with Gasteiger partial charge in [0.2, 0.25) is 0 Å². The minimum absolute atomic E-state index is 0.115. The molecule has 4 rings (SSSR count). The number of carbonyl (C=O) groups excluding carboxylic acids is 1. The monoisotopic (exact) mass is 629 g/mol. The molecule has 1 aromatic heterocycles. The van der Waals surface area contributed by atoms with Crippen molar-refractivity contribution in [2.45, 2.75) is 32.3 Å². The van der Waals surface area contributed by atoms with Gasteiger partial charge in [0, 0.05) is 8.45 Å². The van der Waals surface area contributed by atoms with Crippen molar-refractivity contribution in [3.63, 3.8) is 0 Å². The van der Waals surface area contributed by atoms with E-state index in [9.17, 15) is 15.3 Å². The minimum Gasteiger partial charge on any atom is -0.493 e. The van der Waals surface area contributed by atoms with Crippen molar-refractivity contribution in [2.24, 2.45) is 0 Å². The molecule has 0 unspecified atom stereocenters. The van der Waals surface area contributed by atoms with Gasteiger partial charge in [0.15, 0.2) is 11.5 Å². The van der Waals surface area contributed by atoms with Gasteiger partial charge in [-0.3, -0.25) is 4.79 Å². The fourth-order valence-corrected chi connectivity index (χ4v) is 5.83. The average molecular weight is 630 g/mol. The second-order valence-electron chi connectivity index (χ2n) is 8.10. The van der Waals surface area contributed by atoms with E-state index in [0.29, 0.717) is 39.3 Å². The summed E-state index contributed by atoms with van der Waals surface area (Å²) >= 11 is 10.1. The lowest BCUT2D eigenvalue weighted by molar-refractivity contribution is -0.112. The number of fused-ring (bicyclic) bond motifs is 1. The van der Waals surface area contributed by atoms with Crippen LogP contribution in [-0.4, -0.2) is 13.0 Å². The van der Waals surface area contributed by atoms with Crippen LogP contribution in [0.25, 0.3) is 6.08 Å². The number of hydrogen-bond acceptors (Lipinski definition) is 6. The molecule has 6 nitrogen and oxygen atoms in total. The number of aryl methyl sites for hydroxylation is 1. The Kier molecular flexibility index (Phi) is 8.52. The quantitative estimate of drug-likeness (QED) is 0.175. The van der Waals surface area contributed by atoms with Gasteiger partial charge in [0.1, 0.15) is 29.3 Å². The molecule has 0 radical (unpaired) electrons. The number of methoxy groups -OCH3 is 1. The Morgan fingerprint density at radius 3 is 2.67 bits per heavy atom. The number of nitrogens with zero attached hydrogens (tertiary/aromatic N) is 2. The van der Waals surface area contributed by atoms with E-state index < -0.39 is 5.91 Å².